The van der Waals surface area contributed by atoms with Crippen LogP contribution in [0, 0.1) is 5.82 Å². The summed E-state index contributed by atoms with van der Waals surface area (Å²) in [7, 11) is 2.80. The molecule has 0 N–H and O–H groups in total. The summed E-state index contributed by atoms with van der Waals surface area (Å²) in [5.41, 5.74) is 0.758. The minimum Gasteiger partial charge on any atom is -0.380 e. The van der Waals surface area contributed by atoms with Gasteiger partial charge in [0.05, 0.1) is 12.4 Å². The lowest BCUT2D eigenvalue weighted by molar-refractivity contribution is 0.185. The Morgan fingerprint density at radius 2 is 2.13 bits per heavy atom. The fourth-order valence-electron chi connectivity index (χ4n) is 1.18. The summed E-state index contributed by atoms with van der Waals surface area (Å²) in [5.74, 6) is -1.10. The van der Waals surface area contributed by atoms with Crippen molar-refractivity contribution in [3.05, 3.63) is 35.1 Å². The SMILES string of the molecule is COCc1ccc(F)c(CS(=O)(=O)Cl)c1. The molecule has 1 rings (SSSR count). The highest BCUT2D eigenvalue weighted by molar-refractivity contribution is 8.13. The van der Waals surface area contributed by atoms with Crippen LogP contribution in [0.5, 0.6) is 0 Å². The zero-order valence-corrected chi connectivity index (χ0v) is 9.61. The minimum atomic E-state index is -3.74. The molecule has 0 aliphatic rings. The number of methoxy groups -OCH3 is 1. The van der Waals surface area contributed by atoms with Gasteiger partial charge in [-0.05, 0) is 17.7 Å². The van der Waals surface area contributed by atoms with Gasteiger partial charge in [0.25, 0.3) is 0 Å². The first-order valence-corrected chi connectivity index (χ1v) is 6.59. The van der Waals surface area contributed by atoms with Crippen LogP contribution in [-0.2, 0) is 26.1 Å². The van der Waals surface area contributed by atoms with Crippen LogP contribution in [0.25, 0.3) is 0 Å². The maximum absolute atomic E-state index is 13.2. The van der Waals surface area contributed by atoms with Crippen molar-refractivity contribution in [3.63, 3.8) is 0 Å². The fourth-order valence-corrected chi connectivity index (χ4v) is 2.13. The lowest BCUT2D eigenvalue weighted by Gasteiger charge is -2.04. The molecule has 0 saturated heterocycles. The Kier molecular flexibility index (Phi) is 4.07. The van der Waals surface area contributed by atoms with E-state index in [4.69, 9.17) is 15.4 Å². The van der Waals surface area contributed by atoms with E-state index in [0.29, 0.717) is 12.2 Å². The van der Waals surface area contributed by atoms with Gasteiger partial charge in [0.1, 0.15) is 5.82 Å². The molecule has 84 valence electrons. The first kappa shape index (κ1) is 12.4. The van der Waals surface area contributed by atoms with Gasteiger partial charge < -0.3 is 4.74 Å². The molecule has 0 bridgehead atoms. The lowest BCUT2D eigenvalue weighted by atomic mass is 10.1. The Bertz CT molecular complexity index is 445. The van der Waals surface area contributed by atoms with E-state index >= 15 is 0 Å². The summed E-state index contributed by atoms with van der Waals surface area (Å²) in [6, 6.07) is 4.16. The molecule has 0 aliphatic carbocycles. The van der Waals surface area contributed by atoms with E-state index in [1.807, 2.05) is 0 Å². The van der Waals surface area contributed by atoms with E-state index in [1.54, 1.807) is 0 Å². The maximum atomic E-state index is 13.2. The first-order chi connectivity index (χ1) is 6.92. The lowest BCUT2D eigenvalue weighted by Crippen LogP contribution is -2.00. The van der Waals surface area contributed by atoms with Crippen molar-refractivity contribution in [2.24, 2.45) is 0 Å². The Balaban J connectivity index is 3.00. The molecule has 15 heavy (non-hydrogen) atoms. The largest absolute Gasteiger partial charge is 0.380 e. The number of rotatable bonds is 4. The number of hydrogen-bond donors (Lipinski definition) is 0. The Morgan fingerprint density at radius 3 is 2.67 bits per heavy atom. The third kappa shape index (κ3) is 4.15. The molecule has 0 radical (unpaired) electrons. The van der Waals surface area contributed by atoms with Crippen molar-refractivity contribution >= 4 is 19.7 Å². The van der Waals surface area contributed by atoms with Gasteiger partial charge in [0, 0.05) is 23.4 Å². The van der Waals surface area contributed by atoms with Crippen LogP contribution in [-0.4, -0.2) is 15.5 Å². The third-order valence-corrected chi connectivity index (χ3v) is 2.73. The van der Waals surface area contributed by atoms with Gasteiger partial charge in [-0.25, -0.2) is 12.8 Å². The standard InChI is InChI=1S/C9H10ClFO3S/c1-14-5-7-2-3-9(11)8(4-7)6-15(10,12)13/h2-4H,5-6H2,1H3. The number of ether oxygens (including phenoxy) is 1. The zero-order chi connectivity index (χ0) is 11.5. The summed E-state index contributed by atoms with van der Waals surface area (Å²) in [4.78, 5) is 0. The van der Waals surface area contributed by atoms with Gasteiger partial charge in [-0.3, -0.25) is 0 Å². The summed E-state index contributed by atoms with van der Waals surface area (Å²) < 4.78 is 39.6. The molecule has 0 saturated carbocycles. The molecule has 6 heteroatoms. The van der Waals surface area contributed by atoms with E-state index in [-0.39, 0.29) is 5.56 Å². The van der Waals surface area contributed by atoms with E-state index in [0.717, 1.165) is 0 Å². The summed E-state index contributed by atoms with van der Waals surface area (Å²) in [6.07, 6.45) is 0. The van der Waals surface area contributed by atoms with Crippen molar-refractivity contribution in [1.29, 1.82) is 0 Å². The highest BCUT2D eigenvalue weighted by Gasteiger charge is 2.12. The van der Waals surface area contributed by atoms with Gasteiger partial charge in [-0.15, -0.1) is 0 Å². The highest BCUT2D eigenvalue weighted by Crippen LogP contribution is 2.16. The second kappa shape index (κ2) is 4.92. The second-order valence-electron chi connectivity index (χ2n) is 3.04. The predicted octanol–water partition coefficient (Wildman–Crippen LogP) is 2.04. The first-order valence-electron chi connectivity index (χ1n) is 4.11. The van der Waals surface area contributed by atoms with Gasteiger partial charge in [-0.1, -0.05) is 6.07 Å². The van der Waals surface area contributed by atoms with Crippen molar-refractivity contribution in [2.75, 3.05) is 7.11 Å². The normalized spacial score (nSPS) is 11.7. The van der Waals surface area contributed by atoms with Crippen molar-refractivity contribution in [3.8, 4) is 0 Å². The smallest absolute Gasteiger partial charge is 0.236 e. The van der Waals surface area contributed by atoms with Crippen LogP contribution in [0.15, 0.2) is 18.2 Å². The molecule has 1 aromatic carbocycles. The molecule has 0 atom stereocenters. The number of benzene rings is 1. The topological polar surface area (TPSA) is 43.4 Å². The second-order valence-corrected chi connectivity index (χ2v) is 5.82. The molecule has 0 amide bonds. The fraction of sp³-hybridized carbons (Fsp3) is 0.333. The van der Waals surface area contributed by atoms with E-state index < -0.39 is 20.6 Å². The molecule has 0 spiro atoms. The van der Waals surface area contributed by atoms with Gasteiger partial charge in [0.15, 0.2) is 0 Å². The van der Waals surface area contributed by atoms with Crippen molar-refractivity contribution in [1.82, 2.24) is 0 Å². The Labute approximate surface area is 92.2 Å². The zero-order valence-electron chi connectivity index (χ0n) is 8.04. The Hall–Kier alpha value is -0.650. The molecule has 3 nitrogen and oxygen atoms in total. The highest BCUT2D eigenvalue weighted by atomic mass is 35.7. The molecule has 0 unspecified atom stereocenters. The third-order valence-electron chi connectivity index (χ3n) is 1.75. The van der Waals surface area contributed by atoms with Crippen molar-refractivity contribution in [2.45, 2.75) is 12.4 Å². The molecular formula is C9H10ClFO3S. The van der Waals surface area contributed by atoms with E-state index in [1.165, 1.54) is 25.3 Å². The van der Waals surface area contributed by atoms with E-state index in [2.05, 4.69) is 0 Å². The average Bonchev–Trinajstić information content (AvgIpc) is 2.09. The number of hydrogen-bond acceptors (Lipinski definition) is 3. The van der Waals surface area contributed by atoms with Crippen molar-refractivity contribution < 1.29 is 17.5 Å². The van der Waals surface area contributed by atoms with Gasteiger partial charge in [-0.2, -0.15) is 0 Å². The average molecular weight is 253 g/mol. The minimum absolute atomic E-state index is 0.0551. The van der Waals surface area contributed by atoms with E-state index in [9.17, 15) is 12.8 Å². The predicted molar refractivity (Wildman–Crippen MR) is 55.6 cm³/mol. The molecule has 0 aliphatic heterocycles. The molecule has 1 aromatic rings. The van der Waals surface area contributed by atoms with Crippen LogP contribution in [0.2, 0.25) is 0 Å². The van der Waals surface area contributed by atoms with Crippen LogP contribution >= 0.6 is 10.7 Å². The summed E-state index contributed by atoms with van der Waals surface area (Å²) >= 11 is 0. The van der Waals surface area contributed by atoms with Crippen LogP contribution in [0.3, 0.4) is 0 Å². The van der Waals surface area contributed by atoms with Gasteiger partial charge >= 0.3 is 0 Å². The van der Waals surface area contributed by atoms with Crippen LogP contribution in [0.1, 0.15) is 11.1 Å². The maximum Gasteiger partial charge on any atom is 0.236 e. The van der Waals surface area contributed by atoms with Crippen LogP contribution in [0.4, 0.5) is 4.39 Å². The number of halogens is 2. The quantitative estimate of drug-likeness (QED) is 0.771. The molecule has 0 fully saturated rings. The molecule has 0 heterocycles. The molecule has 0 aromatic heterocycles. The summed E-state index contributed by atoms with van der Waals surface area (Å²) in [6.45, 7) is 0.301. The summed E-state index contributed by atoms with van der Waals surface area (Å²) in [5, 5.41) is 0. The van der Waals surface area contributed by atoms with Gasteiger partial charge in [0.2, 0.25) is 9.05 Å². The van der Waals surface area contributed by atoms with Crippen LogP contribution < -0.4 is 0 Å². The molecular weight excluding hydrogens is 243 g/mol. The Morgan fingerprint density at radius 1 is 1.47 bits per heavy atom. The monoisotopic (exact) mass is 252 g/mol.